The summed E-state index contributed by atoms with van der Waals surface area (Å²) < 4.78 is 60.2. The Morgan fingerprint density at radius 3 is 2.41 bits per heavy atom. The van der Waals surface area contributed by atoms with Crippen LogP contribution in [0.1, 0.15) is 5.69 Å². The minimum atomic E-state index is -5.08. The Balaban J connectivity index is 0.000000856. The van der Waals surface area contributed by atoms with E-state index >= 15 is 0 Å². The van der Waals surface area contributed by atoms with Crippen LogP contribution >= 0.6 is 11.6 Å². The standard InChI is InChI=1S/C17H21ClN6O5S.C2HF3O2/c1-11-5-6-14(23-30(27,28)13-4-2-3-12(18)9-13)16(26)24(11)10-15(25)21-7-8-29-22-17(19)20;3-2(4,5)1(6)7/h2-6,9,23H,7-8,10H2,1H3,(H,21,25)(H4,19,20,22);(H,6,7). The fourth-order valence-corrected chi connectivity index (χ4v) is 3.71. The SMILES string of the molecule is Cc1ccc(NS(=O)(=O)c2cccc(Cl)c2)c(=O)n1CC(=O)NCCONC(=N)N.O=C(O)C(F)(F)F. The number of alkyl halides is 3. The maximum absolute atomic E-state index is 12.7. The Kier molecular flexibility index (Phi) is 11.4. The fourth-order valence-electron chi connectivity index (χ4n) is 2.35. The first-order valence-electron chi connectivity index (χ1n) is 9.82. The molecule has 0 aliphatic rings. The Labute approximate surface area is 212 Å². The van der Waals surface area contributed by atoms with Crippen molar-refractivity contribution in [1.29, 1.82) is 5.41 Å². The second kappa shape index (κ2) is 13.5. The molecule has 1 aromatic heterocycles. The summed E-state index contributed by atoms with van der Waals surface area (Å²) in [6.45, 7) is 1.44. The van der Waals surface area contributed by atoms with Crippen LogP contribution in [0, 0.1) is 12.3 Å². The van der Waals surface area contributed by atoms with Crippen LogP contribution < -0.4 is 26.8 Å². The van der Waals surface area contributed by atoms with Crippen LogP contribution in [0.25, 0.3) is 0 Å². The average Bonchev–Trinajstić information content (AvgIpc) is 2.78. The number of amides is 1. The molecular weight excluding hydrogens is 549 g/mol. The predicted molar refractivity (Wildman–Crippen MR) is 125 cm³/mol. The highest BCUT2D eigenvalue weighted by atomic mass is 35.5. The molecule has 204 valence electrons. The number of nitrogens with one attached hydrogen (secondary N) is 4. The number of sulfonamides is 1. The number of carbonyl (C=O) groups excluding carboxylic acids is 1. The number of aryl methyl sites for hydroxylation is 1. The number of anilines is 1. The molecule has 0 fully saturated rings. The minimum absolute atomic E-state index is 0.0404. The third-order valence-electron chi connectivity index (χ3n) is 4.00. The van der Waals surface area contributed by atoms with Crippen LogP contribution in [0.5, 0.6) is 0 Å². The van der Waals surface area contributed by atoms with E-state index in [4.69, 9.17) is 37.5 Å². The molecule has 1 aromatic carbocycles. The maximum atomic E-state index is 12.7. The zero-order chi connectivity index (χ0) is 28.4. The Bertz CT molecular complexity index is 1300. The van der Waals surface area contributed by atoms with Gasteiger partial charge in [0.2, 0.25) is 11.9 Å². The highest BCUT2D eigenvalue weighted by Crippen LogP contribution is 2.18. The van der Waals surface area contributed by atoms with Gasteiger partial charge in [-0.05, 0) is 37.3 Å². The maximum Gasteiger partial charge on any atom is 0.490 e. The lowest BCUT2D eigenvalue weighted by Crippen LogP contribution is -2.37. The molecule has 13 nitrogen and oxygen atoms in total. The lowest BCUT2D eigenvalue weighted by Gasteiger charge is -2.14. The number of aromatic nitrogens is 1. The van der Waals surface area contributed by atoms with Crippen LogP contribution in [0.15, 0.2) is 46.1 Å². The lowest BCUT2D eigenvalue weighted by atomic mass is 10.3. The largest absolute Gasteiger partial charge is 0.490 e. The molecule has 0 atom stereocenters. The number of carboxylic acids is 1. The molecule has 2 rings (SSSR count). The van der Waals surface area contributed by atoms with E-state index in [0.717, 1.165) is 4.57 Å². The van der Waals surface area contributed by atoms with E-state index in [0.29, 0.717) is 5.69 Å². The van der Waals surface area contributed by atoms with Crippen molar-refractivity contribution in [2.75, 3.05) is 17.9 Å². The van der Waals surface area contributed by atoms with Gasteiger partial charge in [0.25, 0.3) is 15.6 Å². The molecule has 0 unspecified atom stereocenters. The van der Waals surface area contributed by atoms with Crippen molar-refractivity contribution in [2.24, 2.45) is 5.73 Å². The summed E-state index contributed by atoms with van der Waals surface area (Å²) in [7, 11) is -4.04. The first kappa shape index (κ1) is 31.2. The topological polar surface area (TPSA) is 206 Å². The van der Waals surface area contributed by atoms with Crippen LogP contribution in [-0.4, -0.2) is 55.3 Å². The van der Waals surface area contributed by atoms with Crippen molar-refractivity contribution in [2.45, 2.75) is 24.5 Å². The second-order valence-corrected chi connectivity index (χ2v) is 8.98. The molecule has 0 aliphatic heterocycles. The number of carboxylic acid groups (broad SMARTS) is 1. The van der Waals surface area contributed by atoms with Crippen molar-refractivity contribution < 1.29 is 41.1 Å². The number of carbonyl (C=O) groups is 2. The summed E-state index contributed by atoms with van der Waals surface area (Å²) in [5, 5.41) is 16.8. The number of pyridine rings is 1. The molecule has 0 radical (unpaired) electrons. The number of hydrogen-bond donors (Lipinski definition) is 6. The van der Waals surface area contributed by atoms with Gasteiger partial charge in [0, 0.05) is 17.3 Å². The van der Waals surface area contributed by atoms with E-state index in [1.807, 2.05) is 0 Å². The molecular formula is C19H22ClF3N6O7S. The summed E-state index contributed by atoms with van der Waals surface area (Å²) in [6, 6.07) is 8.45. The van der Waals surface area contributed by atoms with E-state index in [1.54, 1.807) is 6.92 Å². The number of halogens is 4. The zero-order valence-corrected chi connectivity index (χ0v) is 20.5. The number of nitrogens with zero attached hydrogens (tertiary/aromatic N) is 1. The van der Waals surface area contributed by atoms with Gasteiger partial charge in [-0.25, -0.2) is 18.7 Å². The molecule has 7 N–H and O–H groups in total. The smallest absolute Gasteiger partial charge is 0.475 e. The molecule has 0 spiro atoms. The van der Waals surface area contributed by atoms with Gasteiger partial charge in [-0.15, -0.1) is 0 Å². The van der Waals surface area contributed by atoms with Gasteiger partial charge in [-0.1, -0.05) is 17.7 Å². The summed E-state index contributed by atoms with van der Waals surface area (Å²) in [6.07, 6.45) is -5.08. The first-order valence-corrected chi connectivity index (χ1v) is 11.7. The summed E-state index contributed by atoms with van der Waals surface area (Å²) >= 11 is 5.83. The normalized spacial score (nSPS) is 11.1. The van der Waals surface area contributed by atoms with E-state index in [2.05, 4.69) is 15.5 Å². The van der Waals surface area contributed by atoms with E-state index in [1.165, 1.54) is 36.4 Å². The van der Waals surface area contributed by atoms with Crippen molar-refractivity contribution >= 4 is 45.1 Å². The lowest BCUT2D eigenvalue weighted by molar-refractivity contribution is -0.192. The number of nitrogens with two attached hydrogens (primary N) is 1. The molecule has 0 bridgehead atoms. The van der Waals surface area contributed by atoms with Crippen LogP contribution in [0.3, 0.4) is 0 Å². The Hall–Kier alpha value is -3.83. The number of guanidine groups is 1. The van der Waals surface area contributed by atoms with Crippen molar-refractivity contribution in [1.82, 2.24) is 15.4 Å². The zero-order valence-electron chi connectivity index (χ0n) is 18.9. The molecule has 1 heterocycles. The summed E-state index contributed by atoms with van der Waals surface area (Å²) in [5.74, 6) is -3.62. The molecule has 37 heavy (non-hydrogen) atoms. The van der Waals surface area contributed by atoms with Crippen molar-refractivity contribution in [3.8, 4) is 0 Å². The molecule has 0 saturated heterocycles. The van der Waals surface area contributed by atoms with Gasteiger partial charge >= 0.3 is 12.1 Å². The van der Waals surface area contributed by atoms with Crippen molar-refractivity contribution in [3.63, 3.8) is 0 Å². The number of hydroxylamine groups is 1. The third-order valence-corrected chi connectivity index (χ3v) is 5.59. The highest BCUT2D eigenvalue weighted by Gasteiger charge is 2.38. The van der Waals surface area contributed by atoms with Crippen molar-refractivity contribution in [3.05, 3.63) is 57.5 Å². The summed E-state index contributed by atoms with van der Waals surface area (Å²) in [4.78, 5) is 38.4. The fraction of sp³-hybridized carbons (Fsp3) is 0.263. The Morgan fingerprint density at radius 1 is 1.24 bits per heavy atom. The minimum Gasteiger partial charge on any atom is -0.475 e. The van der Waals surface area contributed by atoms with Gasteiger partial charge in [0.1, 0.15) is 12.2 Å². The van der Waals surface area contributed by atoms with E-state index in [9.17, 15) is 31.2 Å². The molecule has 0 aliphatic carbocycles. The summed E-state index contributed by atoms with van der Waals surface area (Å²) in [5.41, 5.74) is 6.74. The number of hydrogen-bond acceptors (Lipinski definition) is 7. The van der Waals surface area contributed by atoms with Gasteiger partial charge < -0.3 is 20.7 Å². The molecule has 2 aromatic rings. The monoisotopic (exact) mass is 570 g/mol. The van der Waals surface area contributed by atoms with Gasteiger partial charge in [-0.2, -0.15) is 13.2 Å². The Morgan fingerprint density at radius 2 is 1.86 bits per heavy atom. The van der Waals surface area contributed by atoms with E-state index < -0.39 is 33.6 Å². The number of aliphatic carboxylic acids is 1. The second-order valence-electron chi connectivity index (χ2n) is 6.86. The van der Waals surface area contributed by atoms with Gasteiger partial charge in [-0.3, -0.25) is 24.6 Å². The predicted octanol–water partition coefficient (Wildman–Crippen LogP) is 0.775. The number of benzene rings is 1. The van der Waals surface area contributed by atoms with E-state index in [-0.39, 0.29) is 41.3 Å². The van der Waals surface area contributed by atoms with Crippen LogP contribution in [-0.2, 0) is 31.0 Å². The van der Waals surface area contributed by atoms with Gasteiger partial charge in [0.05, 0.1) is 11.5 Å². The van der Waals surface area contributed by atoms with Crippen LogP contribution in [0.2, 0.25) is 5.02 Å². The molecule has 18 heteroatoms. The molecule has 0 saturated carbocycles. The quantitative estimate of drug-likeness (QED) is 0.109. The van der Waals surface area contributed by atoms with Crippen LogP contribution in [0.4, 0.5) is 18.9 Å². The van der Waals surface area contributed by atoms with Gasteiger partial charge in [0.15, 0.2) is 0 Å². The average molecular weight is 571 g/mol. The first-order chi connectivity index (χ1) is 17.0. The third kappa shape index (κ3) is 10.8. The highest BCUT2D eigenvalue weighted by molar-refractivity contribution is 7.92. The molecule has 1 amide bonds. The number of rotatable bonds is 9.